The molecule has 4 rings (SSSR count). The molecule has 0 aliphatic carbocycles. The average molecular weight is 369 g/mol. The van der Waals surface area contributed by atoms with E-state index in [0.717, 1.165) is 17.9 Å². The maximum absolute atomic E-state index is 12.5. The number of nitrogens with zero attached hydrogens (tertiary/aromatic N) is 2. The van der Waals surface area contributed by atoms with Crippen molar-refractivity contribution >= 4 is 28.9 Å². The van der Waals surface area contributed by atoms with Gasteiger partial charge in [0, 0.05) is 11.8 Å². The fourth-order valence-corrected chi connectivity index (χ4v) is 3.19. The van der Waals surface area contributed by atoms with Crippen LogP contribution in [0.2, 0.25) is 0 Å². The lowest BCUT2D eigenvalue weighted by atomic mass is 9.97. The lowest BCUT2D eigenvalue weighted by Gasteiger charge is -2.30. The zero-order chi connectivity index (χ0) is 19.0. The number of benzene rings is 1. The van der Waals surface area contributed by atoms with Crippen molar-refractivity contribution in [2.24, 2.45) is 5.92 Å². The number of anilines is 4. The smallest absolute Gasteiger partial charge is 0.247 e. The van der Waals surface area contributed by atoms with E-state index < -0.39 is 0 Å². The fraction of sp³-hybridized carbons (Fsp3) is 0.421. The van der Waals surface area contributed by atoms with E-state index >= 15 is 0 Å². The SMILES string of the molecule is CCC(C)C1Nc2nc(C)nc(Nc3ccc4c(c3)OCCO4)c2NC1=O. The van der Waals surface area contributed by atoms with Crippen molar-refractivity contribution in [3.63, 3.8) is 0 Å². The topological polar surface area (TPSA) is 97.4 Å². The van der Waals surface area contributed by atoms with Crippen molar-refractivity contribution in [1.29, 1.82) is 0 Å². The van der Waals surface area contributed by atoms with Crippen LogP contribution in [0.15, 0.2) is 18.2 Å². The number of hydrogen-bond donors (Lipinski definition) is 3. The summed E-state index contributed by atoms with van der Waals surface area (Å²) in [5.74, 6) is 3.31. The van der Waals surface area contributed by atoms with Crippen LogP contribution in [0.4, 0.5) is 23.0 Å². The average Bonchev–Trinajstić information content (AvgIpc) is 2.67. The molecule has 2 aromatic rings. The molecule has 2 aliphatic heterocycles. The highest BCUT2D eigenvalue weighted by Crippen LogP contribution is 2.37. The first-order valence-electron chi connectivity index (χ1n) is 9.18. The molecule has 2 atom stereocenters. The number of nitrogens with one attached hydrogen (secondary N) is 3. The summed E-state index contributed by atoms with van der Waals surface area (Å²) in [5, 5.41) is 9.49. The lowest BCUT2D eigenvalue weighted by molar-refractivity contribution is -0.118. The van der Waals surface area contributed by atoms with E-state index in [9.17, 15) is 4.79 Å². The molecular formula is C19H23N5O3. The molecule has 142 valence electrons. The normalized spacial score (nSPS) is 18.8. The highest BCUT2D eigenvalue weighted by atomic mass is 16.6. The predicted octanol–water partition coefficient (Wildman–Crippen LogP) is 3.08. The van der Waals surface area contributed by atoms with Crippen LogP contribution in [0.5, 0.6) is 11.5 Å². The molecule has 8 nitrogen and oxygen atoms in total. The summed E-state index contributed by atoms with van der Waals surface area (Å²) in [5.41, 5.74) is 1.35. The quantitative estimate of drug-likeness (QED) is 0.762. The van der Waals surface area contributed by atoms with E-state index in [4.69, 9.17) is 9.47 Å². The summed E-state index contributed by atoms with van der Waals surface area (Å²) in [7, 11) is 0. The Balaban J connectivity index is 1.65. The van der Waals surface area contributed by atoms with Crippen LogP contribution in [-0.2, 0) is 4.79 Å². The molecule has 1 aromatic heterocycles. The first-order valence-corrected chi connectivity index (χ1v) is 9.18. The summed E-state index contributed by atoms with van der Waals surface area (Å²) in [6.07, 6.45) is 0.896. The van der Waals surface area contributed by atoms with Gasteiger partial charge in [-0.1, -0.05) is 20.3 Å². The summed E-state index contributed by atoms with van der Waals surface area (Å²) in [4.78, 5) is 21.5. The van der Waals surface area contributed by atoms with Gasteiger partial charge in [-0.25, -0.2) is 9.97 Å². The molecule has 3 N–H and O–H groups in total. The molecule has 0 radical (unpaired) electrons. The Morgan fingerprint density at radius 2 is 2.04 bits per heavy atom. The third kappa shape index (κ3) is 3.34. The number of aromatic nitrogens is 2. The van der Waals surface area contributed by atoms with Gasteiger partial charge < -0.3 is 25.4 Å². The van der Waals surface area contributed by atoms with Gasteiger partial charge in [-0.15, -0.1) is 0 Å². The number of hydrogen-bond acceptors (Lipinski definition) is 7. The molecule has 0 bridgehead atoms. The number of carbonyl (C=O) groups excluding carboxylic acids is 1. The first kappa shape index (κ1) is 17.4. The highest BCUT2D eigenvalue weighted by Gasteiger charge is 2.32. The summed E-state index contributed by atoms with van der Waals surface area (Å²) in [6, 6.07) is 5.29. The Morgan fingerprint density at radius 3 is 2.81 bits per heavy atom. The van der Waals surface area contributed by atoms with Gasteiger partial charge in [0.25, 0.3) is 0 Å². The second-order valence-corrected chi connectivity index (χ2v) is 6.82. The van der Waals surface area contributed by atoms with Crippen molar-refractivity contribution in [1.82, 2.24) is 9.97 Å². The Hall–Kier alpha value is -3.03. The van der Waals surface area contributed by atoms with E-state index in [1.54, 1.807) is 0 Å². The molecule has 0 spiro atoms. The van der Waals surface area contributed by atoms with E-state index in [1.807, 2.05) is 32.0 Å². The summed E-state index contributed by atoms with van der Waals surface area (Å²) >= 11 is 0. The Morgan fingerprint density at radius 1 is 1.26 bits per heavy atom. The number of ether oxygens (including phenoxy) is 2. The number of rotatable bonds is 4. The molecule has 1 aromatic carbocycles. The van der Waals surface area contributed by atoms with Crippen LogP contribution >= 0.6 is 0 Å². The highest BCUT2D eigenvalue weighted by molar-refractivity contribution is 6.05. The third-order valence-corrected chi connectivity index (χ3v) is 4.86. The van der Waals surface area contributed by atoms with Crippen molar-refractivity contribution in [3.05, 3.63) is 24.0 Å². The molecule has 2 unspecified atom stereocenters. The zero-order valence-electron chi connectivity index (χ0n) is 15.6. The van der Waals surface area contributed by atoms with Crippen LogP contribution in [-0.4, -0.2) is 35.1 Å². The van der Waals surface area contributed by atoms with E-state index in [0.29, 0.717) is 42.1 Å². The Kier molecular flexibility index (Phi) is 4.47. The van der Waals surface area contributed by atoms with Crippen LogP contribution in [0.3, 0.4) is 0 Å². The van der Waals surface area contributed by atoms with Gasteiger partial charge >= 0.3 is 0 Å². The second-order valence-electron chi connectivity index (χ2n) is 6.82. The van der Waals surface area contributed by atoms with Gasteiger partial charge in [0.05, 0.1) is 0 Å². The number of aryl methyl sites for hydroxylation is 1. The first-order chi connectivity index (χ1) is 13.0. The third-order valence-electron chi connectivity index (χ3n) is 4.86. The van der Waals surface area contributed by atoms with Crippen molar-refractivity contribution in [2.45, 2.75) is 33.2 Å². The van der Waals surface area contributed by atoms with Gasteiger partial charge in [-0.3, -0.25) is 4.79 Å². The summed E-state index contributed by atoms with van der Waals surface area (Å²) in [6.45, 7) is 7.01. The Labute approximate surface area is 157 Å². The van der Waals surface area contributed by atoms with Gasteiger partial charge in [-0.05, 0) is 25.0 Å². The molecule has 2 aliphatic rings. The molecule has 27 heavy (non-hydrogen) atoms. The molecule has 0 fully saturated rings. The van der Waals surface area contributed by atoms with Crippen LogP contribution < -0.4 is 25.4 Å². The molecule has 3 heterocycles. The molecule has 8 heteroatoms. The van der Waals surface area contributed by atoms with E-state index in [2.05, 4.69) is 32.8 Å². The molecular weight excluding hydrogens is 346 g/mol. The standard InChI is InChI=1S/C19H23N5O3/c1-4-10(2)15-19(25)24-16-17(20-11(3)21-18(16)23-15)22-12-5-6-13-14(9-12)27-8-7-26-13/h5-6,9-10,15H,4,7-8H2,1-3H3,(H,24,25)(H2,20,21,22,23). The zero-order valence-corrected chi connectivity index (χ0v) is 15.6. The van der Waals surface area contributed by atoms with Gasteiger partial charge in [-0.2, -0.15) is 0 Å². The minimum Gasteiger partial charge on any atom is -0.486 e. The predicted molar refractivity (Wildman–Crippen MR) is 103 cm³/mol. The van der Waals surface area contributed by atoms with Crippen LogP contribution in [0.25, 0.3) is 0 Å². The van der Waals surface area contributed by atoms with E-state index in [-0.39, 0.29) is 17.9 Å². The van der Waals surface area contributed by atoms with Gasteiger partial charge in [0.2, 0.25) is 5.91 Å². The van der Waals surface area contributed by atoms with Crippen molar-refractivity contribution < 1.29 is 14.3 Å². The maximum Gasteiger partial charge on any atom is 0.247 e. The number of amides is 1. The van der Waals surface area contributed by atoms with Gasteiger partial charge in [0.1, 0.15) is 30.8 Å². The maximum atomic E-state index is 12.5. The molecule has 0 saturated carbocycles. The number of carbonyl (C=O) groups is 1. The lowest BCUT2D eigenvalue weighted by Crippen LogP contribution is -2.43. The molecule has 0 saturated heterocycles. The Bertz CT molecular complexity index is 886. The van der Waals surface area contributed by atoms with Crippen LogP contribution in [0.1, 0.15) is 26.1 Å². The largest absolute Gasteiger partial charge is 0.486 e. The minimum absolute atomic E-state index is 0.0745. The van der Waals surface area contributed by atoms with Crippen molar-refractivity contribution in [2.75, 3.05) is 29.2 Å². The monoisotopic (exact) mass is 369 g/mol. The van der Waals surface area contributed by atoms with Crippen molar-refractivity contribution in [3.8, 4) is 11.5 Å². The minimum atomic E-state index is -0.307. The summed E-state index contributed by atoms with van der Waals surface area (Å²) < 4.78 is 11.2. The van der Waals surface area contributed by atoms with E-state index in [1.165, 1.54) is 0 Å². The van der Waals surface area contributed by atoms with Gasteiger partial charge in [0.15, 0.2) is 23.1 Å². The molecule has 1 amide bonds. The second kappa shape index (κ2) is 6.94. The van der Waals surface area contributed by atoms with Crippen LogP contribution in [0, 0.1) is 12.8 Å². The number of fused-ring (bicyclic) bond motifs is 2. The fourth-order valence-electron chi connectivity index (χ4n) is 3.19.